The molecule has 62 valence electrons. The lowest BCUT2D eigenvalue weighted by Crippen LogP contribution is -1.96. The molecular formula is C4H4Cl6. The second kappa shape index (κ2) is 8.58. The van der Waals surface area contributed by atoms with Crippen LogP contribution in [0.15, 0.2) is 11.1 Å². The van der Waals surface area contributed by atoms with Crippen LogP contribution in [0.4, 0.5) is 0 Å². The molecule has 0 saturated heterocycles. The molecule has 0 aliphatic heterocycles. The van der Waals surface area contributed by atoms with Crippen molar-refractivity contribution in [1.82, 2.24) is 0 Å². The van der Waals surface area contributed by atoms with E-state index in [4.69, 9.17) is 69.6 Å². The topological polar surface area (TPSA) is 0 Å². The van der Waals surface area contributed by atoms with Crippen LogP contribution in [0.1, 0.15) is 0 Å². The van der Waals surface area contributed by atoms with E-state index in [1.807, 2.05) is 0 Å². The van der Waals surface area contributed by atoms with Crippen LogP contribution in [0.2, 0.25) is 0 Å². The van der Waals surface area contributed by atoms with Gasteiger partial charge in [-0.05, 0) is 0 Å². The van der Waals surface area contributed by atoms with E-state index < -0.39 is 9.67 Å². The standard InChI is InChI=1S/C2H2Cl4.C2H2Cl2/c3-1(4)2(5)6;1-2(3)4/h1-2H;1H2. The molecule has 0 spiro atoms. The highest BCUT2D eigenvalue weighted by atomic mass is 35.5. The van der Waals surface area contributed by atoms with E-state index in [0.717, 1.165) is 0 Å². The van der Waals surface area contributed by atoms with E-state index in [1.54, 1.807) is 0 Å². The molecule has 10 heavy (non-hydrogen) atoms. The van der Waals surface area contributed by atoms with Crippen molar-refractivity contribution in [2.75, 3.05) is 0 Å². The third kappa shape index (κ3) is 22.7. The lowest BCUT2D eigenvalue weighted by Gasteiger charge is -1.95. The fourth-order valence-electron chi connectivity index (χ4n) is 0. The van der Waals surface area contributed by atoms with Crippen LogP contribution in [0, 0.1) is 0 Å². The van der Waals surface area contributed by atoms with Crippen LogP contribution >= 0.6 is 69.6 Å². The van der Waals surface area contributed by atoms with Gasteiger partial charge in [0.25, 0.3) is 0 Å². The van der Waals surface area contributed by atoms with Crippen molar-refractivity contribution < 1.29 is 0 Å². The minimum Gasteiger partial charge on any atom is -0.102 e. The minimum absolute atomic E-state index is 0.111. The third-order valence-corrected chi connectivity index (χ3v) is 1.71. The van der Waals surface area contributed by atoms with Crippen molar-refractivity contribution in [2.45, 2.75) is 9.67 Å². The Balaban J connectivity index is 0. The maximum Gasteiger partial charge on any atom is 0.137 e. The van der Waals surface area contributed by atoms with Gasteiger partial charge in [0.1, 0.15) is 9.67 Å². The van der Waals surface area contributed by atoms with E-state index in [1.165, 1.54) is 0 Å². The molecule has 0 nitrogen and oxygen atoms in total. The summed E-state index contributed by atoms with van der Waals surface area (Å²) >= 11 is 30.1. The molecule has 0 atom stereocenters. The fraction of sp³-hybridized carbons (Fsp3) is 0.500. The van der Waals surface area contributed by atoms with Gasteiger partial charge in [-0.25, -0.2) is 0 Å². The second-order valence-electron chi connectivity index (χ2n) is 1.01. The smallest absolute Gasteiger partial charge is 0.102 e. The molecule has 0 fully saturated rings. The molecule has 6 heteroatoms. The third-order valence-electron chi connectivity index (χ3n) is 0.190. The molecule has 0 aliphatic carbocycles. The molecule has 0 aromatic carbocycles. The first-order valence-corrected chi connectivity index (χ1v) is 4.44. The largest absolute Gasteiger partial charge is 0.137 e. The SMILES string of the molecule is C=C(Cl)Cl.ClC(Cl)C(Cl)Cl. The average Bonchev–Trinajstić information content (AvgIpc) is 1.63. The van der Waals surface area contributed by atoms with E-state index >= 15 is 0 Å². The monoisotopic (exact) mass is 262 g/mol. The van der Waals surface area contributed by atoms with E-state index in [0.29, 0.717) is 0 Å². The minimum atomic E-state index is -0.673. The molecule has 0 radical (unpaired) electrons. The number of halogens is 6. The maximum atomic E-state index is 5.11. The molecule has 0 N–H and O–H groups in total. The molecule has 0 aromatic heterocycles. The summed E-state index contributed by atoms with van der Waals surface area (Å²) in [6, 6.07) is 0. The fourth-order valence-corrected chi connectivity index (χ4v) is 0. The van der Waals surface area contributed by atoms with Crippen molar-refractivity contribution in [3.05, 3.63) is 11.1 Å². The predicted molar refractivity (Wildman–Crippen MR) is 51.8 cm³/mol. The van der Waals surface area contributed by atoms with Crippen LogP contribution in [-0.4, -0.2) is 9.67 Å². The average molecular weight is 265 g/mol. The highest BCUT2D eigenvalue weighted by molar-refractivity contribution is 6.56. The van der Waals surface area contributed by atoms with Crippen molar-refractivity contribution in [3.63, 3.8) is 0 Å². The van der Waals surface area contributed by atoms with Gasteiger partial charge < -0.3 is 0 Å². The summed E-state index contributed by atoms with van der Waals surface area (Å²) in [6.07, 6.45) is 0. The first-order valence-electron chi connectivity index (χ1n) is 1.94. The highest BCUT2D eigenvalue weighted by Crippen LogP contribution is 2.16. The Kier molecular flexibility index (Phi) is 12.0. The molecule has 0 bridgehead atoms. The van der Waals surface area contributed by atoms with Gasteiger partial charge in [-0.2, -0.15) is 0 Å². The molecule has 0 saturated carbocycles. The van der Waals surface area contributed by atoms with Crippen LogP contribution < -0.4 is 0 Å². The zero-order valence-corrected chi connectivity index (χ0v) is 9.17. The number of rotatable bonds is 1. The summed E-state index contributed by atoms with van der Waals surface area (Å²) in [4.78, 5) is -1.35. The van der Waals surface area contributed by atoms with Crippen molar-refractivity contribution in [3.8, 4) is 0 Å². The molecule has 0 aliphatic rings. The van der Waals surface area contributed by atoms with Gasteiger partial charge in [-0.15, -0.1) is 46.4 Å². The predicted octanol–water partition coefficient (Wildman–Crippen LogP) is 4.53. The van der Waals surface area contributed by atoms with Crippen molar-refractivity contribution in [2.24, 2.45) is 0 Å². The van der Waals surface area contributed by atoms with Crippen LogP contribution in [0.5, 0.6) is 0 Å². The number of alkyl halides is 4. The first kappa shape index (κ1) is 14.0. The number of hydrogen-bond acceptors (Lipinski definition) is 0. The van der Waals surface area contributed by atoms with Crippen molar-refractivity contribution in [1.29, 1.82) is 0 Å². The molecule has 0 aromatic rings. The van der Waals surface area contributed by atoms with Gasteiger partial charge in [-0.3, -0.25) is 0 Å². The van der Waals surface area contributed by atoms with Crippen LogP contribution in [0.3, 0.4) is 0 Å². The summed E-state index contributed by atoms with van der Waals surface area (Å²) in [5.74, 6) is 0. The van der Waals surface area contributed by atoms with Gasteiger partial charge in [0.2, 0.25) is 0 Å². The van der Waals surface area contributed by atoms with Gasteiger partial charge >= 0.3 is 0 Å². The maximum absolute atomic E-state index is 5.11. The summed E-state index contributed by atoms with van der Waals surface area (Å²) in [6.45, 7) is 3.09. The Bertz CT molecular complexity index is 77.7. The van der Waals surface area contributed by atoms with Gasteiger partial charge in [-0.1, -0.05) is 29.8 Å². The number of hydrogen-bond donors (Lipinski definition) is 0. The Labute approximate surface area is 90.0 Å². The lowest BCUT2D eigenvalue weighted by atomic mass is 10.9. The van der Waals surface area contributed by atoms with E-state index in [-0.39, 0.29) is 4.49 Å². The summed E-state index contributed by atoms with van der Waals surface area (Å²) in [7, 11) is 0. The lowest BCUT2D eigenvalue weighted by molar-refractivity contribution is 1.29. The highest BCUT2D eigenvalue weighted by Gasteiger charge is 2.06. The van der Waals surface area contributed by atoms with Crippen molar-refractivity contribution >= 4 is 69.6 Å². The van der Waals surface area contributed by atoms with E-state index in [2.05, 4.69) is 6.58 Å². The van der Waals surface area contributed by atoms with Gasteiger partial charge in [0, 0.05) is 0 Å². The van der Waals surface area contributed by atoms with Gasteiger partial charge in [0.15, 0.2) is 0 Å². The van der Waals surface area contributed by atoms with E-state index in [9.17, 15) is 0 Å². The Morgan fingerprint density at radius 1 is 0.900 bits per heavy atom. The molecular weight excluding hydrogens is 261 g/mol. The Morgan fingerprint density at radius 2 is 1.00 bits per heavy atom. The zero-order valence-electron chi connectivity index (χ0n) is 4.63. The summed E-state index contributed by atoms with van der Waals surface area (Å²) in [5.41, 5.74) is 0. The zero-order chi connectivity index (χ0) is 8.73. The second-order valence-corrected chi connectivity index (χ2v) is 4.44. The van der Waals surface area contributed by atoms with Gasteiger partial charge in [0.05, 0.1) is 4.49 Å². The summed E-state index contributed by atoms with van der Waals surface area (Å²) in [5, 5.41) is 0. The van der Waals surface area contributed by atoms with Crippen LogP contribution in [0.25, 0.3) is 0 Å². The van der Waals surface area contributed by atoms with Crippen LogP contribution in [-0.2, 0) is 0 Å². The molecule has 0 rings (SSSR count). The molecule has 0 unspecified atom stereocenters. The Morgan fingerprint density at radius 3 is 1.00 bits per heavy atom. The molecule has 0 amide bonds. The Hall–Kier alpha value is 1.48. The first-order chi connectivity index (χ1) is 4.37. The molecule has 0 heterocycles. The quantitative estimate of drug-likeness (QED) is 0.611. The summed E-state index contributed by atoms with van der Waals surface area (Å²) < 4.78 is 0.111. The normalized spacial score (nSPS) is 9.20.